The number of rotatable bonds is 3. The lowest BCUT2D eigenvalue weighted by Gasteiger charge is -2.40. The van der Waals surface area contributed by atoms with Crippen molar-refractivity contribution in [2.75, 3.05) is 32.8 Å². The van der Waals surface area contributed by atoms with E-state index in [0.717, 1.165) is 38.2 Å². The number of nitrogens with zero attached hydrogens (tertiary/aromatic N) is 3. The molecule has 0 spiro atoms. The molecule has 1 aromatic heterocycles. The summed E-state index contributed by atoms with van der Waals surface area (Å²) in [5.41, 5.74) is 0.565. The largest absolute Gasteiger partial charge is 0.388 e. The van der Waals surface area contributed by atoms with Crippen LogP contribution in [0.4, 0.5) is 0 Å². The second kappa shape index (κ2) is 6.16. The predicted octanol–water partition coefficient (Wildman–Crippen LogP) is 1.20. The number of hydrogen-bond donors (Lipinski definition) is 1. The van der Waals surface area contributed by atoms with E-state index in [1.165, 1.54) is 12.8 Å². The number of hydrogen-bond acceptors (Lipinski definition) is 5. The summed E-state index contributed by atoms with van der Waals surface area (Å²) in [5.74, 6) is 0.468. The minimum atomic E-state index is -0.564. The van der Waals surface area contributed by atoms with Crippen LogP contribution in [-0.4, -0.2) is 58.4 Å². The van der Waals surface area contributed by atoms with Gasteiger partial charge in [-0.3, -0.25) is 4.90 Å². The average Bonchev–Trinajstić information content (AvgIpc) is 2.49. The molecule has 0 bridgehead atoms. The smallest absolute Gasteiger partial charge is 0.115 e. The van der Waals surface area contributed by atoms with Gasteiger partial charge in [0.15, 0.2) is 0 Å². The number of aromatic nitrogens is 2. The topological polar surface area (TPSA) is 58.5 Å². The Balaban J connectivity index is 1.60. The Kier molecular flexibility index (Phi) is 4.29. The highest BCUT2D eigenvalue weighted by Crippen LogP contribution is 2.28. The van der Waals surface area contributed by atoms with Gasteiger partial charge in [0, 0.05) is 57.0 Å². The lowest BCUT2D eigenvalue weighted by atomic mass is 9.90. The van der Waals surface area contributed by atoms with Crippen molar-refractivity contribution >= 4 is 0 Å². The lowest BCUT2D eigenvalue weighted by molar-refractivity contribution is -0.0824. The third-order valence-corrected chi connectivity index (χ3v) is 4.47. The Hall–Kier alpha value is -1.04. The SMILES string of the molecule is OC1(CN2CCCC(c3ccncn3)C2)CCOCC1. The number of piperidine rings is 1. The minimum absolute atomic E-state index is 0.468. The van der Waals surface area contributed by atoms with E-state index >= 15 is 0 Å². The van der Waals surface area contributed by atoms with Crippen molar-refractivity contribution in [2.24, 2.45) is 0 Å². The number of likely N-dealkylation sites (tertiary alicyclic amines) is 1. The van der Waals surface area contributed by atoms with E-state index in [2.05, 4.69) is 14.9 Å². The number of β-amino-alcohol motifs (C(OH)–C–C–N with tert-alkyl or cyclic N) is 1. The maximum absolute atomic E-state index is 10.6. The van der Waals surface area contributed by atoms with Gasteiger partial charge in [0.05, 0.1) is 5.60 Å². The molecule has 0 aliphatic carbocycles. The summed E-state index contributed by atoms with van der Waals surface area (Å²) in [6.07, 6.45) is 7.28. The Morgan fingerprint density at radius 3 is 3.00 bits per heavy atom. The molecule has 1 atom stereocenters. The summed E-state index contributed by atoms with van der Waals surface area (Å²) < 4.78 is 5.35. The summed E-state index contributed by atoms with van der Waals surface area (Å²) in [6, 6.07) is 2.01. The molecule has 5 heteroatoms. The third kappa shape index (κ3) is 3.34. The van der Waals surface area contributed by atoms with Crippen molar-refractivity contribution < 1.29 is 9.84 Å². The van der Waals surface area contributed by atoms with Gasteiger partial charge in [0.1, 0.15) is 6.33 Å². The standard InChI is InChI=1S/C15H23N3O2/c19-15(4-8-20-9-5-15)11-18-7-1-2-13(10-18)14-3-6-16-12-17-14/h3,6,12-13,19H,1-2,4-5,7-11H2. The second-order valence-electron chi connectivity index (χ2n) is 6.05. The molecule has 3 heterocycles. The van der Waals surface area contributed by atoms with Crippen molar-refractivity contribution in [3.63, 3.8) is 0 Å². The zero-order valence-electron chi connectivity index (χ0n) is 11.9. The van der Waals surface area contributed by atoms with Gasteiger partial charge in [-0.05, 0) is 25.5 Å². The zero-order valence-corrected chi connectivity index (χ0v) is 11.9. The minimum Gasteiger partial charge on any atom is -0.388 e. The predicted molar refractivity (Wildman–Crippen MR) is 75.4 cm³/mol. The van der Waals surface area contributed by atoms with E-state index in [4.69, 9.17) is 4.74 Å². The molecule has 110 valence electrons. The molecule has 1 aromatic rings. The summed E-state index contributed by atoms with van der Waals surface area (Å²) in [6.45, 7) is 4.18. The Morgan fingerprint density at radius 2 is 2.25 bits per heavy atom. The van der Waals surface area contributed by atoms with Crippen LogP contribution in [0.15, 0.2) is 18.6 Å². The fourth-order valence-corrected chi connectivity index (χ4v) is 3.31. The fraction of sp³-hybridized carbons (Fsp3) is 0.733. The first-order chi connectivity index (χ1) is 9.75. The molecule has 0 radical (unpaired) electrons. The molecule has 5 nitrogen and oxygen atoms in total. The summed E-state index contributed by atoms with van der Waals surface area (Å²) in [7, 11) is 0. The van der Waals surface area contributed by atoms with Gasteiger partial charge in [0.25, 0.3) is 0 Å². The fourth-order valence-electron chi connectivity index (χ4n) is 3.31. The van der Waals surface area contributed by atoms with E-state index < -0.39 is 5.60 Å². The van der Waals surface area contributed by atoms with Crippen molar-refractivity contribution in [2.45, 2.75) is 37.2 Å². The monoisotopic (exact) mass is 277 g/mol. The van der Waals surface area contributed by atoms with Gasteiger partial charge in [-0.15, -0.1) is 0 Å². The van der Waals surface area contributed by atoms with Crippen molar-refractivity contribution in [3.8, 4) is 0 Å². The molecule has 0 amide bonds. The highest BCUT2D eigenvalue weighted by molar-refractivity contribution is 5.08. The van der Waals surface area contributed by atoms with E-state index in [9.17, 15) is 5.11 Å². The van der Waals surface area contributed by atoms with Crippen LogP contribution in [0.1, 0.15) is 37.3 Å². The highest BCUT2D eigenvalue weighted by atomic mass is 16.5. The van der Waals surface area contributed by atoms with Gasteiger partial charge in [-0.2, -0.15) is 0 Å². The van der Waals surface area contributed by atoms with Crippen LogP contribution in [0.2, 0.25) is 0 Å². The zero-order chi connectivity index (χ0) is 13.8. The first-order valence-electron chi connectivity index (χ1n) is 7.54. The average molecular weight is 277 g/mol. The van der Waals surface area contributed by atoms with E-state index in [1.807, 2.05) is 12.3 Å². The van der Waals surface area contributed by atoms with E-state index in [-0.39, 0.29) is 0 Å². The molecule has 1 unspecified atom stereocenters. The molecule has 2 fully saturated rings. The van der Waals surface area contributed by atoms with Gasteiger partial charge in [0.2, 0.25) is 0 Å². The summed E-state index contributed by atoms with van der Waals surface area (Å²) >= 11 is 0. The third-order valence-electron chi connectivity index (χ3n) is 4.47. The van der Waals surface area contributed by atoms with Crippen molar-refractivity contribution in [1.82, 2.24) is 14.9 Å². The van der Waals surface area contributed by atoms with Gasteiger partial charge in [-0.1, -0.05) is 0 Å². The first-order valence-corrected chi connectivity index (χ1v) is 7.54. The van der Waals surface area contributed by atoms with Gasteiger partial charge in [-0.25, -0.2) is 9.97 Å². The van der Waals surface area contributed by atoms with Crippen molar-refractivity contribution in [3.05, 3.63) is 24.3 Å². The quantitative estimate of drug-likeness (QED) is 0.899. The highest BCUT2D eigenvalue weighted by Gasteiger charge is 2.33. The van der Waals surface area contributed by atoms with Crippen LogP contribution in [0.25, 0.3) is 0 Å². The van der Waals surface area contributed by atoms with Crippen LogP contribution < -0.4 is 0 Å². The second-order valence-corrected chi connectivity index (χ2v) is 6.05. The summed E-state index contributed by atoms with van der Waals surface area (Å²) in [5, 5.41) is 10.6. The first kappa shape index (κ1) is 13.9. The van der Waals surface area contributed by atoms with Crippen LogP contribution >= 0.6 is 0 Å². The molecule has 0 aromatic carbocycles. The Morgan fingerprint density at radius 1 is 1.40 bits per heavy atom. The summed E-state index contributed by atoms with van der Waals surface area (Å²) in [4.78, 5) is 10.8. The molecule has 2 saturated heterocycles. The number of ether oxygens (including phenoxy) is 1. The maximum atomic E-state index is 10.6. The molecule has 20 heavy (non-hydrogen) atoms. The molecule has 0 saturated carbocycles. The Labute approximate surface area is 120 Å². The Bertz CT molecular complexity index is 420. The van der Waals surface area contributed by atoms with Gasteiger partial charge < -0.3 is 9.84 Å². The van der Waals surface area contributed by atoms with Crippen LogP contribution in [0.3, 0.4) is 0 Å². The lowest BCUT2D eigenvalue weighted by Crippen LogP contribution is -2.49. The van der Waals surface area contributed by atoms with E-state index in [1.54, 1.807) is 6.33 Å². The van der Waals surface area contributed by atoms with Gasteiger partial charge >= 0.3 is 0 Å². The van der Waals surface area contributed by atoms with Crippen LogP contribution in [0.5, 0.6) is 0 Å². The molecule has 2 aliphatic heterocycles. The molecule has 2 aliphatic rings. The molecular formula is C15H23N3O2. The molecular weight excluding hydrogens is 254 g/mol. The van der Waals surface area contributed by atoms with Crippen molar-refractivity contribution in [1.29, 1.82) is 0 Å². The normalized spacial score (nSPS) is 27.4. The van der Waals surface area contributed by atoms with Crippen LogP contribution in [0, 0.1) is 0 Å². The number of aliphatic hydroxyl groups is 1. The molecule has 3 rings (SSSR count). The van der Waals surface area contributed by atoms with Crippen LogP contribution in [-0.2, 0) is 4.74 Å². The van der Waals surface area contributed by atoms with E-state index in [0.29, 0.717) is 19.1 Å². The maximum Gasteiger partial charge on any atom is 0.115 e. The molecule has 1 N–H and O–H groups in total.